The zero-order valence-corrected chi connectivity index (χ0v) is 13.8. The van der Waals surface area contributed by atoms with Gasteiger partial charge >= 0.3 is 0 Å². The lowest BCUT2D eigenvalue weighted by Crippen LogP contribution is -2.33. The lowest BCUT2D eigenvalue weighted by atomic mass is 10.1. The lowest BCUT2D eigenvalue weighted by Gasteiger charge is -2.17. The van der Waals surface area contributed by atoms with Crippen molar-refractivity contribution in [2.45, 2.75) is 26.2 Å². The Morgan fingerprint density at radius 3 is 2.58 bits per heavy atom. The van der Waals surface area contributed by atoms with Gasteiger partial charge in [-0.1, -0.05) is 0 Å². The van der Waals surface area contributed by atoms with Gasteiger partial charge in [0.05, 0.1) is 0 Å². The molecule has 0 N–H and O–H groups in total. The van der Waals surface area contributed by atoms with E-state index in [-0.39, 0.29) is 24.2 Å². The predicted molar refractivity (Wildman–Crippen MR) is 87.3 cm³/mol. The van der Waals surface area contributed by atoms with Crippen molar-refractivity contribution in [3.05, 3.63) is 53.4 Å². The summed E-state index contributed by atoms with van der Waals surface area (Å²) in [5, 5.41) is 0. The molecule has 6 heteroatoms. The highest BCUT2D eigenvalue weighted by Crippen LogP contribution is 2.25. The number of aryl methyl sites for hydroxylation is 2. The van der Waals surface area contributed by atoms with Gasteiger partial charge in [0.2, 0.25) is 0 Å². The van der Waals surface area contributed by atoms with E-state index in [0.717, 1.165) is 23.6 Å². The van der Waals surface area contributed by atoms with E-state index >= 15 is 0 Å². The third-order valence-electron chi connectivity index (χ3n) is 4.08. The number of carbonyl (C=O) groups excluding carboxylic acids is 1. The normalized spacial score (nSPS) is 17.1. The third kappa shape index (κ3) is 3.88. The molecule has 2 aromatic rings. The van der Waals surface area contributed by atoms with Crippen molar-refractivity contribution in [1.82, 2.24) is 14.9 Å². The molecule has 1 saturated heterocycles. The van der Waals surface area contributed by atoms with Crippen molar-refractivity contribution in [3.8, 4) is 5.75 Å². The first-order chi connectivity index (χ1) is 11.5. The van der Waals surface area contributed by atoms with E-state index in [1.165, 1.54) is 24.3 Å². The number of likely N-dealkylation sites (tertiary alicyclic amines) is 1. The predicted octanol–water partition coefficient (Wildman–Crippen LogP) is 2.63. The zero-order valence-electron chi connectivity index (χ0n) is 13.8. The van der Waals surface area contributed by atoms with E-state index in [0.29, 0.717) is 18.8 Å². The summed E-state index contributed by atoms with van der Waals surface area (Å²) in [7, 11) is 0. The molecular formula is C18H20FN3O2. The van der Waals surface area contributed by atoms with Crippen LogP contribution in [0.4, 0.5) is 4.39 Å². The number of hydrogen-bond acceptors (Lipinski definition) is 4. The number of rotatable bonds is 4. The molecule has 1 aliphatic heterocycles. The minimum atomic E-state index is -0.329. The molecule has 1 amide bonds. The van der Waals surface area contributed by atoms with Gasteiger partial charge in [-0.15, -0.1) is 0 Å². The molecule has 0 aliphatic carbocycles. The van der Waals surface area contributed by atoms with Gasteiger partial charge in [-0.3, -0.25) is 4.79 Å². The second kappa shape index (κ2) is 6.95. The zero-order chi connectivity index (χ0) is 17.1. The second-order valence-corrected chi connectivity index (χ2v) is 6.08. The summed E-state index contributed by atoms with van der Waals surface area (Å²) in [6.45, 7) is 5.13. The Bertz CT molecular complexity index is 713. The Morgan fingerprint density at radius 1 is 1.25 bits per heavy atom. The average Bonchev–Trinajstić information content (AvgIpc) is 3.03. The van der Waals surface area contributed by atoms with Crippen LogP contribution in [0, 0.1) is 19.7 Å². The molecule has 0 bridgehead atoms. The number of nitrogens with zero attached hydrogens (tertiary/aromatic N) is 3. The number of benzene rings is 1. The molecule has 1 aromatic heterocycles. The first-order valence-corrected chi connectivity index (χ1v) is 7.99. The highest BCUT2D eigenvalue weighted by molar-refractivity contribution is 5.78. The summed E-state index contributed by atoms with van der Waals surface area (Å²) in [6, 6.07) is 7.58. The van der Waals surface area contributed by atoms with Crippen molar-refractivity contribution in [2.75, 3.05) is 19.7 Å². The van der Waals surface area contributed by atoms with Crippen molar-refractivity contribution < 1.29 is 13.9 Å². The summed E-state index contributed by atoms with van der Waals surface area (Å²) < 4.78 is 18.3. The molecule has 1 fully saturated rings. The molecule has 24 heavy (non-hydrogen) atoms. The fourth-order valence-electron chi connectivity index (χ4n) is 2.90. The number of hydrogen-bond donors (Lipinski definition) is 0. The molecular weight excluding hydrogens is 309 g/mol. The van der Waals surface area contributed by atoms with Gasteiger partial charge in [0.1, 0.15) is 17.4 Å². The van der Waals surface area contributed by atoms with Crippen molar-refractivity contribution in [3.63, 3.8) is 0 Å². The van der Waals surface area contributed by atoms with Crippen molar-refractivity contribution >= 4 is 5.91 Å². The van der Waals surface area contributed by atoms with E-state index in [1.807, 2.05) is 19.9 Å². The Morgan fingerprint density at radius 2 is 1.92 bits per heavy atom. The smallest absolute Gasteiger partial charge is 0.260 e. The molecule has 0 radical (unpaired) electrons. The monoisotopic (exact) mass is 329 g/mol. The van der Waals surface area contributed by atoms with Gasteiger partial charge in [-0.05, 0) is 50.6 Å². The summed E-state index contributed by atoms with van der Waals surface area (Å²) >= 11 is 0. The number of carbonyl (C=O) groups is 1. The van der Waals surface area contributed by atoms with Crippen LogP contribution in [0.3, 0.4) is 0 Å². The molecule has 1 unspecified atom stereocenters. The molecule has 3 rings (SSSR count). The Kier molecular flexibility index (Phi) is 4.74. The van der Waals surface area contributed by atoms with Crippen LogP contribution in [0.2, 0.25) is 0 Å². The third-order valence-corrected chi connectivity index (χ3v) is 4.08. The van der Waals surface area contributed by atoms with E-state index < -0.39 is 0 Å². The van der Waals surface area contributed by atoms with Gasteiger partial charge in [-0.25, -0.2) is 14.4 Å². The maximum atomic E-state index is 12.8. The summed E-state index contributed by atoms with van der Waals surface area (Å²) in [5.41, 5.74) is 1.89. The molecule has 0 saturated carbocycles. The van der Waals surface area contributed by atoms with Gasteiger partial charge in [0.25, 0.3) is 5.91 Å². The first kappa shape index (κ1) is 16.4. The van der Waals surface area contributed by atoms with Crippen LogP contribution in [-0.4, -0.2) is 40.5 Å². The lowest BCUT2D eigenvalue weighted by molar-refractivity contribution is -0.132. The topological polar surface area (TPSA) is 55.3 Å². The molecule has 2 heterocycles. The van der Waals surface area contributed by atoms with Crippen molar-refractivity contribution in [2.24, 2.45) is 0 Å². The maximum Gasteiger partial charge on any atom is 0.260 e. The standard InChI is InChI=1S/C18H20FN3O2/c1-12-9-13(2)21-18(20-12)14-7-8-22(10-14)17(23)11-24-16-5-3-15(19)4-6-16/h3-6,9,14H,7-8,10-11H2,1-2H3. The second-order valence-electron chi connectivity index (χ2n) is 6.08. The highest BCUT2D eigenvalue weighted by atomic mass is 19.1. The number of halogens is 1. The summed E-state index contributed by atoms with van der Waals surface area (Å²) in [6.07, 6.45) is 0.852. The summed E-state index contributed by atoms with van der Waals surface area (Å²) in [4.78, 5) is 23.0. The molecule has 1 aromatic carbocycles. The molecule has 1 atom stereocenters. The maximum absolute atomic E-state index is 12.8. The molecule has 126 valence electrons. The Labute approximate surface area is 140 Å². The first-order valence-electron chi connectivity index (χ1n) is 7.99. The van der Waals surface area contributed by atoms with E-state index in [2.05, 4.69) is 9.97 Å². The van der Waals surface area contributed by atoms with Crippen LogP contribution in [0.25, 0.3) is 0 Å². The molecule has 5 nitrogen and oxygen atoms in total. The van der Waals surface area contributed by atoms with E-state index in [9.17, 15) is 9.18 Å². The van der Waals surface area contributed by atoms with Crippen LogP contribution < -0.4 is 4.74 Å². The minimum absolute atomic E-state index is 0.0495. The van der Waals surface area contributed by atoms with Crippen LogP contribution in [-0.2, 0) is 4.79 Å². The van der Waals surface area contributed by atoms with Crippen LogP contribution in [0.5, 0.6) is 5.75 Å². The van der Waals surface area contributed by atoms with Crippen LogP contribution >= 0.6 is 0 Å². The Balaban J connectivity index is 1.56. The Hall–Kier alpha value is -2.50. The fraction of sp³-hybridized carbons (Fsp3) is 0.389. The minimum Gasteiger partial charge on any atom is -0.484 e. The van der Waals surface area contributed by atoms with E-state index in [4.69, 9.17) is 4.74 Å². The van der Waals surface area contributed by atoms with Crippen molar-refractivity contribution in [1.29, 1.82) is 0 Å². The SMILES string of the molecule is Cc1cc(C)nc(C2CCN(C(=O)COc3ccc(F)cc3)C2)n1. The van der Waals surface area contributed by atoms with Gasteiger partial charge < -0.3 is 9.64 Å². The average molecular weight is 329 g/mol. The fourth-order valence-corrected chi connectivity index (χ4v) is 2.90. The van der Waals surface area contributed by atoms with Gasteiger partial charge in [-0.2, -0.15) is 0 Å². The van der Waals surface area contributed by atoms with E-state index in [1.54, 1.807) is 4.90 Å². The largest absolute Gasteiger partial charge is 0.484 e. The molecule has 1 aliphatic rings. The molecule has 0 spiro atoms. The summed E-state index contributed by atoms with van der Waals surface area (Å²) in [5.74, 6) is 1.05. The van der Waals surface area contributed by atoms with Gasteiger partial charge in [0, 0.05) is 30.4 Å². The quantitative estimate of drug-likeness (QED) is 0.865. The number of amides is 1. The number of ether oxygens (including phenoxy) is 1. The highest BCUT2D eigenvalue weighted by Gasteiger charge is 2.29. The number of aromatic nitrogens is 2. The van der Waals surface area contributed by atoms with Crippen LogP contribution in [0.15, 0.2) is 30.3 Å². The van der Waals surface area contributed by atoms with Gasteiger partial charge in [0.15, 0.2) is 6.61 Å². The van der Waals surface area contributed by atoms with Crippen LogP contribution in [0.1, 0.15) is 29.6 Å².